The van der Waals surface area contributed by atoms with E-state index in [0.717, 1.165) is 0 Å². The molecule has 0 atom stereocenters. The highest BCUT2D eigenvalue weighted by Gasteiger charge is 2.21. The van der Waals surface area contributed by atoms with E-state index in [-0.39, 0.29) is 18.0 Å². The van der Waals surface area contributed by atoms with Gasteiger partial charge in [-0.05, 0) is 29.8 Å². The van der Waals surface area contributed by atoms with Crippen molar-refractivity contribution in [1.82, 2.24) is 9.55 Å². The van der Waals surface area contributed by atoms with Gasteiger partial charge in [0.2, 0.25) is 0 Å². The van der Waals surface area contributed by atoms with Gasteiger partial charge in [-0.3, -0.25) is 4.79 Å². The molecule has 0 radical (unpaired) electrons. The summed E-state index contributed by atoms with van der Waals surface area (Å²) < 4.78 is 6.89. The van der Waals surface area contributed by atoms with Gasteiger partial charge in [0.25, 0.3) is 0 Å². The van der Waals surface area contributed by atoms with Crippen LogP contribution in [0.2, 0.25) is 0 Å². The minimum Gasteiger partial charge on any atom is -0.461 e. The molecule has 0 saturated heterocycles. The first-order valence-electron chi connectivity index (χ1n) is 4.54. The Kier molecular flexibility index (Phi) is 4.02. The van der Waals surface area contributed by atoms with Gasteiger partial charge in [-0.25, -0.2) is 9.78 Å². The number of esters is 1. The van der Waals surface area contributed by atoms with Crippen molar-refractivity contribution < 1.29 is 14.3 Å². The predicted molar refractivity (Wildman–Crippen MR) is 56.9 cm³/mol. The Balaban J connectivity index is 3.22. The second kappa shape index (κ2) is 5.06. The van der Waals surface area contributed by atoms with Crippen LogP contribution < -0.4 is 0 Å². The van der Waals surface area contributed by atoms with E-state index in [1.807, 2.05) is 6.92 Å². The zero-order valence-corrected chi connectivity index (χ0v) is 10.1. The van der Waals surface area contributed by atoms with Crippen molar-refractivity contribution in [3.63, 3.8) is 0 Å². The van der Waals surface area contributed by atoms with Crippen molar-refractivity contribution in [2.24, 2.45) is 0 Å². The SMILES string of the molecule is CCOC(=O)c1c(C=O)nc(Br)n1CC. The van der Waals surface area contributed by atoms with Gasteiger partial charge >= 0.3 is 5.97 Å². The van der Waals surface area contributed by atoms with E-state index in [1.54, 1.807) is 11.5 Å². The van der Waals surface area contributed by atoms with Crippen LogP contribution in [-0.4, -0.2) is 28.4 Å². The van der Waals surface area contributed by atoms with Gasteiger partial charge in [0.1, 0.15) is 5.69 Å². The summed E-state index contributed by atoms with van der Waals surface area (Å²) in [6, 6.07) is 0. The molecular weight excluding hydrogens is 264 g/mol. The molecule has 0 spiro atoms. The number of aromatic nitrogens is 2. The first-order chi connectivity index (χ1) is 7.15. The third-order valence-electron chi connectivity index (χ3n) is 1.84. The number of carbonyl (C=O) groups excluding carboxylic acids is 2. The molecule has 1 aromatic rings. The molecule has 0 unspecified atom stereocenters. The van der Waals surface area contributed by atoms with Gasteiger partial charge in [-0.15, -0.1) is 0 Å². The summed E-state index contributed by atoms with van der Waals surface area (Å²) in [5.41, 5.74) is 0.295. The Morgan fingerprint density at radius 3 is 2.73 bits per heavy atom. The predicted octanol–water partition coefficient (Wildman–Crippen LogP) is 1.65. The third kappa shape index (κ3) is 2.26. The third-order valence-corrected chi connectivity index (χ3v) is 2.45. The van der Waals surface area contributed by atoms with Crippen molar-refractivity contribution in [2.75, 3.05) is 6.61 Å². The van der Waals surface area contributed by atoms with Crippen molar-refractivity contribution in [3.8, 4) is 0 Å². The first-order valence-corrected chi connectivity index (χ1v) is 5.33. The number of hydrogen-bond acceptors (Lipinski definition) is 4. The lowest BCUT2D eigenvalue weighted by atomic mass is 10.3. The molecule has 0 bridgehead atoms. The second-order valence-corrected chi connectivity index (χ2v) is 3.41. The lowest BCUT2D eigenvalue weighted by Gasteiger charge is -2.05. The van der Waals surface area contributed by atoms with Gasteiger partial charge in [0, 0.05) is 6.54 Å². The molecule has 1 rings (SSSR count). The van der Waals surface area contributed by atoms with Crippen LogP contribution >= 0.6 is 15.9 Å². The summed E-state index contributed by atoms with van der Waals surface area (Å²) >= 11 is 3.17. The van der Waals surface area contributed by atoms with Crippen molar-refractivity contribution in [2.45, 2.75) is 20.4 Å². The lowest BCUT2D eigenvalue weighted by Crippen LogP contribution is -2.13. The minimum absolute atomic E-state index is 0.0992. The minimum atomic E-state index is -0.528. The van der Waals surface area contributed by atoms with E-state index in [4.69, 9.17) is 4.74 Å². The first kappa shape index (κ1) is 11.9. The smallest absolute Gasteiger partial charge is 0.357 e. The maximum atomic E-state index is 11.6. The molecule has 0 aliphatic rings. The van der Waals surface area contributed by atoms with Crippen molar-refractivity contribution in [3.05, 3.63) is 16.1 Å². The van der Waals surface area contributed by atoms with Crippen LogP contribution in [0.25, 0.3) is 0 Å². The van der Waals surface area contributed by atoms with Gasteiger partial charge in [0.05, 0.1) is 6.61 Å². The Bertz CT molecular complexity index is 387. The van der Waals surface area contributed by atoms with Gasteiger partial charge in [0.15, 0.2) is 16.7 Å². The fraction of sp³-hybridized carbons (Fsp3) is 0.444. The number of rotatable bonds is 4. The Morgan fingerprint density at radius 2 is 2.27 bits per heavy atom. The van der Waals surface area contributed by atoms with Crippen LogP contribution in [0.4, 0.5) is 0 Å². The zero-order chi connectivity index (χ0) is 11.4. The maximum absolute atomic E-state index is 11.6. The number of nitrogens with zero attached hydrogens (tertiary/aromatic N) is 2. The van der Waals surface area contributed by atoms with E-state index in [9.17, 15) is 9.59 Å². The molecule has 0 aliphatic carbocycles. The molecule has 0 aliphatic heterocycles. The van der Waals surface area contributed by atoms with Crippen LogP contribution in [0.3, 0.4) is 0 Å². The van der Waals surface area contributed by atoms with Crippen LogP contribution in [0.1, 0.15) is 34.8 Å². The normalized spacial score (nSPS) is 10.1. The topological polar surface area (TPSA) is 61.2 Å². The number of halogens is 1. The molecular formula is C9H11BrN2O3. The highest BCUT2D eigenvalue weighted by molar-refractivity contribution is 9.10. The van der Waals surface area contributed by atoms with Crippen LogP contribution in [-0.2, 0) is 11.3 Å². The van der Waals surface area contributed by atoms with Crippen LogP contribution in [0.15, 0.2) is 4.73 Å². The van der Waals surface area contributed by atoms with Gasteiger partial charge in [-0.2, -0.15) is 0 Å². The molecule has 0 N–H and O–H groups in total. The van der Waals surface area contributed by atoms with E-state index in [1.165, 1.54) is 0 Å². The molecule has 0 saturated carbocycles. The summed E-state index contributed by atoms with van der Waals surface area (Å²) in [5.74, 6) is -0.528. The Labute approximate surface area is 95.6 Å². The molecule has 5 nitrogen and oxygen atoms in total. The largest absolute Gasteiger partial charge is 0.461 e. The highest BCUT2D eigenvalue weighted by Crippen LogP contribution is 2.16. The number of carbonyl (C=O) groups is 2. The second-order valence-electron chi connectivity index (χ2n) is 2.70. The summed E-state index contributed by atoms with van der Waals surface area (Å²) in [4.78, 5) is 26.2. The van der Waals surface area contributed by atoms with Gasteiger partial charge in [-0.1, -0.05) is 0 Å². The quantitative estimate of drug-likeness (QED) is 0.619. The standard InChI is InChI=1S/C9H11BrN2O3/c1-3-12-7(8(14)15-4-2)6(5-13)11-9(12)10/h5H,3-4H2,1-2H3. The Morgan fingerprint density at radius 1 is 1.60 bits per heavy atom. The van der Waals surface area contributed by atoms with Gasteiger partial charge < -0.3 is 9.30 Å². The maximum Gasteiger partial charge on any atom is 0.357 e. The summed E-state index contributed by atoms with van der Waals surface area (Å²) in [6.07, 6.45) is 0.545. The zero-order valence-electron chi connectivity index (χ0n) is 8.49. The molecule has 1 aromatic heterocycles. The average Bonchev–Trinajstić information content (AvgIpc) is 2.54. The number of imidazole rings is 1. The lowest BCUT2D eigenvalue weighted by molar-refractivity contribution is 0.0511. The Hall–Kier alpha value is -1.17. The number of hydrogen-bond donors (Lipinski definition) is 0. The van der Waals surface area contributed by atoms with Crippen molar-refractivity contribution >= 4 is 28.2 Å². The molecule has 1 heterocycles. The fourth-order valence-corrected chi connectivity index (χ4v) is 1.85. The fourth-order valence-electron chi connectivity index (χ4n) is 1.23. The molecule has 6 heteroatoms. The molecule has 0 fully saturated rings. The van der Waals surface area contributed by atoms with E-state index < -0.39 is 5.97 Å². The van der Waals surface area contributed by atoms with Crippen molar-refractivity contribution in [1.29, 1.82) is 0 Å². The molecule has 0 aromatic carbocycles. The van der Waals surface area contributed by atoms with Crippen LogP contribution in [0.5, 0.6) is 0 Å². The number of aldehydes is 1. The molecule has 15 heavy (non-hydrogen) atoms. The van der Waals surface area contributed by atoms with E-state index in [0.29, 0.717) is 17.6 Å². The van der Waals surface area contributed by atoms with Crippen LogP contribution in [0, 0.1) is 0 Å². The summed E-state index contributed by atoms with van der Waals surface area (Å²) in [5, 5.41) is 0. The monoisotopic (exact) mass is 274 g/mol. The van der Waals surface area contributed by atoms with E-state index >= 15 is 0 Å². The highest BCUT2D eigenvalue weighted by atomic mass is 79.9. The average molecular weight is 275 g/mol. The molecule has 82 valence electrons. The summed E-state index contributed by atoms with van der Waals surface area (Å²) in [7, 11) is 0. The van der Waals surface area contributed by atoms with E-state index in [2.05, 4.69) is 20.9 Å². The summed E-state index contributed by atoms with van der Waals surface area (Å²) in [6.45, 7) is 4.36. The number of ether oxygens (including phenoxy) is 1. The molecule has 0 amide bonds.